The average Bonchev–Trinajstić information content (AvgIpc) is 3.08. The molecule has 7 heteroatoms. The number of carboxylic acid groups (broad SMARTS) is 1. The summed E-state index contributed by atoms with van der Waals surface area (Å²) >= 11 is 0. The number of nitrogen functional groups attached to an aromatic ring is 1. The molecule has 4 rings (SSSR count). The second-order valence-corrected chi connectivity index (χ2v) is 6.77. The van der Waals surface area contributed by atoms with Crippen LogP contribution in [0.25, 0.3) is 11.4 Å². The van der Waals surface area contributed by atoms with Gasteiger partial charge in [0.2, 0.25) is 0 Å². The van der Waals surface area contributed by atoms with Crippen LogP contribution in [-0.2, 0) is 30.8 Å². The largest absolute Gasteiger partial charge is 0.480 e. The van der Waals surface area contributed by atoms with Crippen LogP contribution in [0.15, 0.2) is 48.8 Å². The molecule has 0 saturated heterocycles. The Morgan fingerprint density at radius 1 is 1.22 bits per heavy atom. The third kappa shape index (κ3) is 3.83. The van der Waals surface area contributed by atoms with Gasteiger partial charge in [0.05, 0.1) is 5.69 Å². The Balaban J connectivity index is 1.48. The summed E-state index contributed by atoms with van der Waals surface area (Å²) in [5.41, 5.74) is 10.6. The van der Waals surface area contributed by atoms with Crippen molar-refractivity contribution >= 4 is 11.7 Å². The molecule has 7 nitrogen and oxygen atoms in total. The van der Waals surface area contributed by atoms with Crippen molar-refractivity contribution in [2.45, 2.75) is 26.1 Å². The summed E-state index contributed by atoms with van der Waals surface area (Å²) in [6, 6.07) is 11.4. The Morgan fingerprint density at radius 3 is 2.81 bits per heavy atom. The normalized spacial score (nSPS) is 14.1. The summed E-state index contributed by atoms with van der Waals surface area (Å²) < 4.78 is 1.78. The van der Waals surface area contributed by atoms with Gasteiger partial charge in [0.25, 0.3) is 0 Å². The third-order valence-corrected chi connectivity index (χ3v) is 4.80. The zero-order chi connectivity index (χ0) is 18.8. The van der Waals surface area contributed by atoms with E-state index in [1.807, 2.05) is 48.8 Å². The summed E-state index contributed by atoms with van der Waals surface area (Å²) in [6.07, 6.45) is 4.55. The van der Waals surface area contributed by atoms with Crippen LogP contribution in [0.4, 0.5) is 5.69 Å². The Morgan fingerprint density at radius 2 is 2.04 bits per heavy atom. The van der Waals surface area contributed by atoms with Gasteiger partial charge in [0, 0.05) is 61.0 Å². The fraction of sp³-hybridized carbons (Fsp3) is 0.250. The van der Waals surface area contributed by atoms with Gasteiger partial charge in [-0.15, -0.1) is 0 Å². The van der Waals surface area contributed by atoms with E-state index in [1.165, 1.54) is 0 Å². The lowest BCUT2D eigenvalue weighted by atomic mass is 10.1. The predicted octanol–water partition coefficient (Wildman–Crippen LogP) is 2.17. The molecule has 1 aromatic carbocycles. The molecule has 0 amide bonds. The quantitative estimate of drug-likeness (QED) is 0.674. The van der Waals surface area contributed by atoms with Crippen molar-refractivity contribution in [1.82, 2.24) is 19.4 Å². The summed E-state index contributed by atoms with van der Waals surface area (Å²) in [7, 11) is 0. The third-order valence-electron chi connectivity index (χ3n) is 4.80. The highest BCUT2D eigenvalue weighted by Crippen LogP contribution is 2.23. The van der Waals surface area contributed by atoms with E-state index < -0.39 is 5.97 Å². The van der Waals surface area contributed by atoms with E-state index in [0.29, 0.717) is 6.54 Å². The van der Waals surface area contributed by atoms with Gasteiger partial charge in [-0.1, -0.05) is 0 Å². The number of carbonyl (C=O) groups is 1. The fourth-order valence-electron chi connectivity index (χ4n) is 3.40. The zero-order valence-corrected chi connectivity index (χ0v) is 14.9. The Bertz CT molecular complexity index is 965. The molecule has 0 fully saturated rings. The van der Waals surface area contributed by atoms with Crippen molar-refractivity contribution in [3.05, 3.63) is 65.7 Å². The van der Waals surface area contributed by atoms with Crippen LogP contribution >= 0.6 is 0 Å². The van der Waals surface area contributed by atoms with Gasteiger partial charge in [-0.05, 0) is 36.4 Å². The number of nitrogens with zero attached hydrogens (tertiary/aromatic N) is 4. The second-order valence-electron chi connectivity index (χ2n) is 6.77. The predicted molar refractivity (Wildman–Crippen MR) is 102 cm³/mol. The van der Waals surface area contributed by atoms with E-state index >= 15 is 0 Å². The van der Waals surface area contributed by atoms with Crippen molar-refractivity contribution in [2.24, 2.45) is 0 Å². The first-order chi connectivity index (χ1) is 13.1. The molecule has 0 aliphatic carbocycles. The van der Waals surface area contributed by atoms with Gasteiger partial charge >= 0.3 is 5.97 Å². The van der Waals surface area contributed by atoms with E-state index in [2.05, 4.69) is 9.88 Å². The van der Waals surface area contributed by atoms with Gasteiger partial charge in [0.15, 0.2) is 5.82 Å². The smallest absolute Gasteiger partial charge is 0.323 e. The molecule has 3 aromatic rings. The lowest BCUT2D eigenvalue weighted by Crippen LogP contribution is -2.32. The molecule has 0 atom stereocenters. The van der Waals surface area contributed by atoms with Crippen LogP contribution in [0.5, 0.6) is 0 Å². The molecular formula is C20H21N5O2. The maximum absolute atomic E-state index is 11.0. The maximum Gasteiger partial charge on any atom is 0.323 e. The van der Waals surface area contributed by atoms with Gasteiger partial charge in [-0.2, -0.15) is 0 Å². The fourth-order valence-corrected chi connectivity index (χ4v) is 3.40. The number of carboxylic acids is 1. The van der Waals surface area contributed by atoms with Crippen LogP contribution in [0.3, 0.4) is 0 Å². The minimum Gasteiger partial charge on any atom is -0.480 e. The molecule has 3 N–H and O–H groups in total. The first-order valence-corrected chi connectivity index (χ1v) is 8.87. The molecule has 1 aliphatic heterocycles. The molecule has 0 saturated carbocycles. The molecular weight excluding hydrogens is 342 g/mol. The number of nitrogens with two attached hydrogens (primary N) is 1. The molecule has 138 valence electrons. The van der Waals surface area contributed by atoms with Crippen LogP contribution in [0.1, 0.15) is 17.0 Å². The number of hydrogen-bond acceptors (Lipinski definition) is 5. The van der Waals surface area contributed by atoms with E-state index in [9.17, 15) is 4.79 Å². The van der Waals surface area contributed by atoms with Crippen molar-refractivity contribution in [3.8, 4) is 11.4 Å². The minimum absolute atomic E-state index is 0.0131. The number of rotatable bonds is 5. The molecule has 27 heavy (non-hydrogen) atoms. The molecule has 0 spiro atoms. The molecule has 0 bridgehead atoms. The lowest BCUT2D eigenvalue weighted by Gasteiger charge is -2.28. The number of hydrogen-bond donors (Lipinski definition) is 2. The van der Waals surface area contributed by atoms with Gasteiger partial charge in [-0.25, -0.2) is 9.97 Å². The monoisotopic (exact) mass is 363 g/mol. The Labute approximate surface area is 157 Å². The zero-order valence-electron chi connectivity index (χ0n) is 14.9. The van der Waals surface area contributed by atoms with Crippen molar-refractivity contribution in [3.63, 3.8) is 0 Å². The summed E-state index contributed by atoms with van der Waals surface area (Å²) in [6.45, 7) is 2.33. The number of anilines is 1. The van der Waals surface area contributed by atoms with Crippen LogP contribution in [0.2, 0.25) is 0 Å². The van der Waals surface area contributed by atoms with Crippen molar-refractivity contribution in [1.29, 1.82) is 0 Å². The van der Waals surface area contributed by atoms with E-state index in [4.69, 9.17) is 15.8 Å². The molecule has 3 heterocycles. The number of fused-ring (bicyclic) bond motifs is 1. The summed E-state index contributed by atoms with van der Waals surface area (Å²) in [5.74, 6) is -0.113. The summed E-state index contributed by atoms with van der Waals surface area (Å²) in [4.78, 5) is 22.5. The summed E-state index contributed by atoms with van der Waals surface area (Å²) in [5, 5.41) is 9.02. The van der Waals surface area contributed by atoms with Crippen molar-refractivity contribution in [2.75, 3.05) is 12.3 Å². The second kappa shape index (κ2) is 7.20. The first kappa shape index (κ1) is 17.2. The average molecular weight is 363 g/mol. The van der Waals surface area contributed by atoms with Crippen LogP contribution in [-0.4, -0.2) is 37.1 Å². The van der Waals surface area contributed by atoms with E-state index in [0.717, 1.165) is 53.5 Å². The Hall–Kier alpha value is -3.19. The number of aliphatic carboxylic acids is 1. The topological polar surface area (TPSA) is 97.3 Å². The Kier molecular flexibility index (Phi) is 4.60. The maximum atomic E-state index is 11.0. The van der Waals surface area contributed by atoms with Crippen LogP contribution < -0.4 is 5.73 Å². The minimum atomic E-state index is -0.833. The number of aromatic nitrogens is 3. The molecule has 0 radical (unpaired) electrons. The van der Waals surface area contributed by atoms with E-state index in [-0.39, 0.29) is 6.54 Å². The van der Waals surface area contributed by atoms with Crippen molar-refractivity contribution < 1.29 is 9.90 Å². The van der Waals surface area contributed by atoms with E-state index in [1.54, 1.807) is 4.57 Å². The number of benzene rings is 1. The van der Waals surface area contributed by atoms with Gasteiger partial charge in [-0.3, -0.25) is 9.69 Å². The molecule has 2 aromatic heterocycles. The molecule has 0 unspecified atom stereocenters. The first-order valence-electron chi connectivity index (χ1n) is 8.87. The highest BCUT2D eigenvalue weighted by atomic mass is 16.4. The highest BCUT2D eigenvalue weighted by Gasteiger charge is 2.20. The lowest BCUT2D eigenvalue weighted by molar-refractivity contribution is -0.137. The van der Waals surface area contributed by atoms with Gasteiger partial charge in [0.1, 0.15) is 6.54 Å². The standard InChI is InChI=1S/C20H21N5O2/c21-16-5-3-14(4-6-16)20-22-10-15-11-24(9-7-18(15)23-20)12-17-2-1-8-25(17)13-19(26)27/h1-6,8,10H,7,9,11-13,21H2,(H,26,27). The highest BCUT2D eigenvalue weighted by molar-refractivity contribution is 5.66. The SMILES string of the molecule is Nc1ccc(-c2ncc3c(n2)CCN(Cc2cccn2CC(=O)O)C3)cc1. The molecule has 1 aliphatic rings. The van der Waals surface area contributed by atoms with Gasteiger partial charge < -0.3 is 15.4 Å². The van der Waals surface area contributed by atoms with Crippen LogP contribution in [0, 0.1) is 0 Å².